The first-order valence-corrected chi connectivity index (χ1v) is 7.05. The van der Waals surface area contributed by atoms with Crippen molar-refractivity contribution in [2.24, 2.45) is 0 Å². The van der Waals surface area contributed by atoms with E-state index in [0.717, 1.165) is 11.1 Å². The van der Waals surface area contributed by atoms with Crippen LogP contribution in [0.15, 0.2) is 12.1 Å². The van der Waals surface area contributed by atoms with Crippen LogP contribution in [0.4, 0.5) is 0 Å². The van der Waals surface area contributed by atoms with E-state index in [1.807, 2.05) is 41.5 Å². The Bertz CT molecular complexity index is 467. The number of phenols is 1. The highest BCUT2D eigenvalue weighted by Crippen LogP contribution is 2.42. The lowest BCUT2D eigenvalue weighted by molar-refractivity contribution is -0.134. The van der Waals surface area contributed by atoms with Crippen molar-refractivity contribution >= 4 is 5.97 Å². The topological polar surface area (TPSA) is 46.5 Å². The molecular weight excluding hydrogens is 252 g/mol. The highest BCUT2D eigenvalue weighted by Gasteiger charge is 2.29. The molecule has 0 atom stereocenters. The van der Waals surface area contributed by atoms with E-state index >= 15 is 0 Å². The number of ether oxygens (including phenoxy) is 1. The molecule has 20 heavy (non-hydrogen) atoms. The third-order valence-electron chi connectivity index (χ3n) is 3.19. The number of esters is 1. The third kappa shape index (κ3) is 3.75. The van der Waals surface area contributed by atoms with Gasteiger partial charge in [-0.05, 0) is 23.0 Å². The first-order valence-electron chi connectivity index (χ1n) is 7.05. The number of carbonyl (C=O) groups excluding carboxylic acids is 1. The fraction of sp³-hybridized carbons (Fsp3) is 0.588. The molecular formula is C17H26O3. The van der Waals surface area contributed by atoms with E-state index in [1.165, 1.54) is 0 Å². The maximum absolute atomic E-state index is 11.7. The molecule has 0 radical (unpaired) electrons. The third-order valence-corrected chi connectivity index (χ3v) is 3.19. The molecule has 3 nitrogen and oxygen atoms in total. The predicted octanol–water partition coefficient (Wildman–Crippen LogP) is 4.30. The zero-order valence-corrected chi connectivity index (χ0v) is 13.6. The van der Waals surface area contributed by atoms with Gasteiger partial charge < -0.3 is 9.84 Å². The van der Waals surface area contributed by atoms with Gasteiger partial charge >= 0.3 is 5.97 Å². The summed E-state index contributed by atoms with van der Waals surface area (Å²) in [4.78, 5) is 11.7. The minimum Gasteiger partial charge on any atom is -0.508 e. The summed E-state index contributed by atoms with van der Waals surface area (Å²) in [5, 5.41) is 10.00. The number of hydrogen-bond acceptors (Lipinski definition) is 3. The van der Waals surface area contributed by atoms with E-state index in [9.17, 15) is 9.90 Å². The number of aromatic hydroxyl groups is 1. The molecule has 112 valence electrons. The molecule has 0 aliphatic rings. The normalized spacial score (nSPS) is 12.3. The smallest absolute Gasteiger partial charge is 0.310 e. The van der Waals surface area contributed by atoms with Gasteiger partial charge in [-0.25, -0.2) is 0 Å². The second-order valence-electron chi connectivity index (χ2n) is 7.20. The lowest BCUT2D eigenvalue weighted by Crippen LogP contribution is -2.21. The Kier molecular flexibility index (Phi) is 4.52. The zero-order chi connectivity index (χ0) is 15.7. The van der Waals surface area contributed by atoms with Gasteiger partial charge in [-0.3, -0.25) is 4.79 Å². The Hall–Kier alpha value is -1.51. The van der Waals surface area contributed by atoms with Crippen LogP contribution in [-0.4, -0.2) is 11.1 Å². The monoisotopic (exact) mass is 278 g/mol. The largest absolute Gasteiger partial charge is 0.508 e. The van der Waals surface area contributed by atoms with Gasteiger partial charge in [0.05, 0.1) is 0 Å². The number of benzene rings is 1. The molecule has 0 aromatic heterocycles. The SMILES string of the molecule is CCC(=O)Oc1c(C(C)(C)C)cc(O)cc1C(C)(C)C. The van der Waals surface area contributed by atoms with Crippen molar-refractivity contribution in [3.8, 4) is 11.5 Å². The van der Waals surface area contributed by atoms with Crippen molar-refractivity contribution in [2.45, 2.75) is 65.7 Å². The summed E-state index contributed by atoms with van der Waals surface area (Å²) in [7, 11) is 0. The molecule has 0 saturated heterocycles. The lowest BCUT2D eigenvalue weighted by Gasteiger charge is -2.29. The van der Waals surface area contributed by atoms with Gasteiger partial charge in [0.25, 0.3) is 0 Å². The lowest BCUT2D eigenvalue weighted by atomic mass is 9.79. The molecule has 1 N–H and O–H groups in total. The van der Waals surface area contributed by atoms with Crippen LogP contribution < -0.4 is 4.74 Å². The summed E-state index contributed by atoms with van der Waals surface area (Å²) in [5.41, 5.74) is 1.26. The summed E-state index contributed by atoms with van der Waals surface area (Å²) in [5.74, 6) is 0.539. The standard InChI is InChI=1S/C17H26O3/c1-8-14(19)20-15-12(16(2,3)4)9-11(18)10-13(15)17(5,6)7/h9-10,18H,8H2,1-7H3. The van der Waals surface area contributed by atoms with E-state index < -0.39 is 0 Å². The van der Waals surface area contributed by atoms with Gasteiger partial charge in [0.15, 0.2) is 0 Å². The zero-order valence-electron chi connectivity index (χ0n) is 13.6. The Balaban J connectivity index is 3.58. The molecule has 0 saturated carbocycles. The first-order chi connectivity index (χ1) is 8.96. The molecule has 0 aliphatic carbocycles. The Labute approximate surface area is 122 Å². The molecule has 0 amide bonds. The molecule has 0 bridgehead atoms. The van der Waals surface area contributed by atoms with E-state index in [0.29, 0.717) is 12.2 Å². The average Bonchev–Trinajstić information content (AvgIpc) is 2.27. The quantitative estimate of drug-likeness (QED) is 0.648. The maximum Gasteiger partial charge on any atom is 0.310 e. The number of hydrogen-bond donors (Lipinski definition) is 1. The van der Waals surface area contributed by atoms with Crippen LogP contribution in [0.25, 0.3) is 0 Å². The van der Waals surface area contributed by atoms with Crippen LogP contribution in [-0.2, 0) is 15.6 Å². The highest BCUT2D eigenvalue weighted by molar-refractivity contribution is 5.73. The van der Waals surface area contributed by atoms with E-state index in [-0.39, 0.29) is 22.5 Å². The molecule has 1 aromatic carbocycles. The van der Waals surface area contributed by atoms with Crippen molar-refractivity contribution < 1.29 is 14.6 Å². The molecule has 0 unspecified atom stereocenters. The second-order valence-corrected chi connectivity index (χ2v) is 7.20. The van der Waals surface area contributed by atoms with Crippen molar-refractivity contribution in [2.75, 3.05) is 0 Å². The fourth-order valence-corrected chi connectivity index (χ4v) is 2.02. The Morgan fingerprint density at radius 2 is 1.45 bits per heavy atom. The highest BCUT2D eigenvalue weighted by atomic mass is 16.5. The van der Waals surface area contributed by atoms with Crippen molar-refractivity contribution in [1.82, 2.24) is 0 Å². The summed E-state index contributed by atoms with van der Waals surface area (Å²) < 4.78 is 5.58. The minimum absolute atomic E-state index is 0.205. The van der Waals surface area contributed by atoms with Crippen LogP contribution in [0, 0.1) is 0 Å². The number of rotatable bonds is 2. The summed E-state index contributed by atoms with van der Waals surface area (Å²) in [6.45, 7) is 14.0. The van der Waals surface area contributed by atoms with Gasteiger partial charge in [-0.1, -0.05) is 48.5 Å². The van der Waals surface area contributed by atoms with E-state index in [4.69, 9.17) is 4.74 Å². The molecule has 3 heteroatoms. The van der Waals surface area contributed by atoms with Gasteiger partial charge in [0, 0.05) is 17.5 Å². The van der Waals surface area contributed by atoms with Gasteiger partial charge in [0.1, 0.15) is 11.5 Å². The molecule has 1 aromatic rings. The van der Waals surface area contributed by atoms with E-state index in [2.05, 4.69) is 0 Å². The molecule has 0 heterocycles. The van der Waals surface area contributed by atoms with Crippen molar-refractivity contribution in [1.29, 1.82) is 0 Å². The van der Waals surface area contributed by atoms with Gasteiger partial charge in [-0.2, -0.15) is 0 Å². The fourth-order valence-electron chi connectivity index (χ4n) is 2.02. The molecule has 0 spiro atoms. The molecule has 0 fully saturated rings. The minimum atomic E-state index is -0.258. The van der Waals surface area contributed by atoms with Crippen LogP contribution in [0.1, 0.15) is 66.0 Å². The predicted molar refractivity (Wildman–Crippen MR) is 81.4 cm³/mol. The van der Waals surface area contributed by atoms with Gasteiger partial charge in [-0.15, -0.1) is 0 Å². The Morgan fingerprint density at radius 1 is 1.05 bits per heavy atom. The van der Waals surface area contributed by atoms with Crippen molar-refractivity contribution in [3.63, 3.8) is 0 Å². The van der Waals surface area contributed by atoms with Crippen LogP contribution in [0.5, 0.6) is 11.5 Å². The van der Waals surface area contributed by atoms with Crippen molar-refractivity contribution in [3.05, 3.63) is 23.3 Å². The average molecular weight is 278 g/mol. The molecule has 1 rings (SSSR count). The van der Waals surface area contributed by atoms with Crippen LogP contribution in [0.2, 0.25) is 0 Å². The Morgan fingerprint density at radius 3 is 1.75 bits per heavy atom. The van der Waals surface area contributed by atoms with Crippen LogP contribution >= 0.6 is 0 Å². The van der Waals surface area contributed by atoms with Crippen LogP contribution in [0.3, 0.4) is 0 Å². The summed E-state index contributed by atoms with van der Waals surface area (Å²) >= 11 is 0. The summed E-state index contributed by atoms with van der Waals surface area (Å²) in [6.07, 6.45) is 0.327. The first kappa shape index (κ1) is 16.5. The number of phenolic OH excluding ortho intramolecular Hbond substituents is 1. The maximum atomic E-state index is 11.7. The van der Waals surface area contributed by atoms with Gasteiger partial charge in [0.2, 0.25) is 0 Å². The second kappa shape index (κ2) is 5.47. The number of carbonyl (C=O) groups is 1. The molecule has 0 aliphatic heterocycles. The summed E-state index contributed by atoms with van der Waals surface area (Å²) in [6, 6.07) is 3.38. The van der Waals surface area contributed by atoms with E-state index in [1.54, 1.807) is 19.1 Å².